The van der Waals surface area contributed by atoms with Gasteiger partial charge in [0, 0.05) is 16.1 Å². The summed E-state index contributed by atoms with van der Waals surface area (Å²) in [6.07, 6.45) is 0. The molecule has 0 unspecified atom stereocenters. The van der Waals surface area contributed by atoms with Gasteiger partial charge in [0.25, 0.3) is 0 Å². The van der Waals surface area contributed by atoms with Crippen molar-refractivity contribution in [1.29, 1.82) is 0 Å². The first-order valence-corrected chi connectivity index (χ1v) is 6.49. The maximum absolute atomic E-state index is 12.4. The summed E-state index contributed by atoms with van der Waals surface area (Å²) in [4.78, 5) is 12.4. The number of benzene rings is 2. The molecule has 2 aromatic rings. The molecule has 0 spiro atoms. The standard InChI is InChI=1S/C14H9Cl3O2/c1-19-13-6-8(2-4-12(13)17)14(18)10-7-9(15)3-5-11(10)16/h2-7H,1H3. The molecule has 0 radical (unpaired) electrons. The topological polar surface area (TPSA) is 26.3 Å². The lowest BCUT2D eigenvalue weighted by Gasteiger charge is -2.07. The summed E-state index contributed by atoms with van der Waals surface area (Å²) in [7, 11) is 1.49. The van der Waals surface area contributed by atoms with Gasteiger partial charge in [0.05, 0.1) is 17.2 Å². The summed E-state index contributed by atoms with van der Waals surface area (Å²) >= 11 is 17.8. The summed E-state index contributed by atoms with van der Waals surface area (Å²) in [6.45, 7) is 0. The third-order valence-corrected chi connectivity index (χ3v) is 3.46. The predicted molar refractivity (Wildman–Crippen MR) is 77.9 cm³/mol. The first-order chi connectivity index (χ1) is 9.02. The Bertz CT molecular complexity index is 639. The highest BCUT2D eigenvalue weighted by Crippen LogP contribution is 2.28. The molecule has 0 bridgehead atoms. The van der Waals surface area contributed by atoms with E-state index >= 15 is 0 Å². The van der Waals surface area contributed by atoms with E-state index in [1.54, 1.807) is 30.3 Å². The molecule has 0 heterocycles. The highest BCUT2D eigenvalue weighted by molar-refractivity contribution is 6.37. The summed E-state index contributed by atoms with van der Waals surface area (Å²) in [5.41, 5.74) is 0.781. The Morgan fingerprint density at radius 2 is 1.68 bits per heavy atom. The molecule has 0 N–H and O–H groups in total. The molecule has 0 saturated heterocycles. The molecule has 5 heteroatoms. The number of halogens is 3. The lowest BCUT2D eigenvalue weighted by Crippen LogP contribution is -2.02. The maximum atomic E-state index is 12.4. The van der Waals surface area contributed by atoms with E-state index in [0.717, 1.165) is 0 Å². The zero-order chi connectivity index (χ0) is 14.0. The number of rotatable bonds is 3. The second kappa shape index (κ2) is 5.83. The number of carbonyl (C=O) groups excluding carboxylic acids is 1. The Kier molecular flexibility index (Phi) is 4.35. The van der Waals surface area contributed by atoms with E-state index < -0.39 is 0 Å². The Labute approximate surface area is 125 Å². The van der Waals surface area contributed by atoms with Gasteiger partial charge < -0.3 is 4.74 Å². The van der Waals surface area contributed by atoms with Crippen LogP contribution in [0, 0.1) is 0 Å². The minimum atomic E-state index is -0.234. The van der Waals surface area contributed by atoms with Crippen LogP contribution in [0.5, 0.6) is 5.75 Å². The zero-order valence-corrected chi connectivity index (χ0v) is 12.2. The zero-order valence-electron chi connectivity index (χ0n) is 9.91. The molecule has 0 amide bonds. The first kappa shape index (κ1) is 14.2. The van der Waals surface area contributed by atoms with Gasteiger partial charge in [-0.2, -0.15) is 0 Å². The van der Waals surface area contributed by atoms with Crippen molar-refractivity contribution in [3.8, 4) is 5.75 Å². The molecule has 0 aliphatic heterocycles. The third-order valence-electron chi connectivity index (χ3n) is 2.59. The molecule has 2 nitrogen and oxygen atoms in total. The summed E-state index contributed by atoms with van der Waals surface area (Å²) < 4.78 is 5.08. The Balaban J connectivity index is 2.47. The molecule has 2 rings (SSSR count). The van der Waals surface area contributed by atoms with Gasteiger partial charge in [-0.1, -0.05) is 34.8 Å². The van der Waals surface area contributed by atoms with Gasteiger partial charge in [-0.3, -0.25) is 4.79 Å². The van der Waals surface area contributed by atoms with E-state index in [9.17, 15) is 4.79 Å². The minimum absolute atomic E-state index is 0.234. The van der Waals surface area contributed by atoms with Gasteiger partial charge in [-0.25, -0.2) is 0 Å². The molecule has 0 saturated carbocycles. The lowest BCUT2D eigenvalue weighted by atomic mass is 10.0. The molecule has 0 aliphatic rings. The van der Waals surface area contributed by atoms with Gasteiger partial charge in [0.2, 0.25) is 0 Å². The van der Waals surface area contributed by atoms with E-state index in [4.69, 9.17) is 39.5 Å². The molecule has 2 aromatic carbocycles. The first-order valence-electron chi connectivity index (χ1n) is 5.36. The molecule has 98 valence electrons. The number of methoxy groups -OCH3 is 1. The van der Waals surface area contributed by atoms with Crippen LogP contribution in [0.3, 0.4) is 0 Å². The van der Waals surface area contributed by atoms with Crippen LogP contribution in [-0.4, -0.2) is 12.9 Å². The normalized spacial score (nSPS) is 10.3. The molecule has 0 fully saturated rings. The molecule has 0 atom stereocenters. The predicted octanol–water partition coefficient (Wildman–Crippen LogP) is 4.89. The van der Waals surface area contributed by atoms with Crippen LogP contribution in [-0.2, 0) is 0 Å². The van der Waals surface area contributed by atoms with Gasteiger partial charge in [-0.15, -0.1) is 0 Å². The van der Waals surface area contributed by atoms with Crippen LogP contribution in [0.2, 0.25) is 15.1 Å². The van der Waals surface area contributed by atoms with Gasteiger partial charge >= 0.3 is 0 Å². The van der Waals surface area contributed by atoms with E-state index in [1.165, 1.54) is 13.2 Å². The van der Waals surface area contributed by atoms with Crippen LogP contribution in [0.25, 0.3) is 0 Å². The van der Waals surface area contributed by atoms with Crippen LogP contribution in [0.4, 0.5) is 0 Å². The summed E-state index contributed by atoms with van der Waals surface area (Å²) in [5, 5.41) is 1.24. The molecule has 19 heavy (non-hydrogen) atoms. The largest absolute Gasteiger partial charge is 0.495 e. The fourth-order valence-electron chi connectivity index (χ4n) is 1.63. The van der Waals surface area contributed by atoms with Gasteiger partial charge in [0.1, 0.15) is 5.75 Å². The fraction of sp³-hybridized carbons (Fsp3) is 0.0714. The number of ether oxygens (including phenoxy) is 1. The second-order valence-electron chi connectivity index (χ2n) is 3.80. The Morgan fingerprint density at radius 3 is 2.37 bits per heavy atom. The lowest BCUT2D eigenvalue weighted by molar-refractivity contribution is 0.103. The van der Waals surface area contributed by atoms with E-state index in [0.29, 0.717) is 31.9 Å². The smallest absolute Gasteiger partial charge is 0.194 e. The SMILES string of the molecule is COc1cc(C(=O)c2cc(Cl)ccc2Cl)ccc1Cl. The highest BCUT2D eigenvalue weighted by atomic mass is 35.5. The summed E-state index contributed by atoms with van der Waals surface area (Å²) in [6, 6.07) is 9.54. The van der Waals surface area contributed by atoms with Crippen molar-refractivity contribution >= 4 is 40.6 Å². The molecular formula is C14H9Cl3O2. The maximum Gasteiger partial charge on any atom is 0.194 e. The van der Waals surface area contributed by atoms with Crippen molar-refractivity contribution in [3.63, 3.8) is 0 Å². The van der Waals surface area contributed by atoms with Crippen molar-refractivity contribution in [2.24, 2.45) is 0 Å². The number of hydrogen-bond donors (Lipinski definition) is 0. The van der Waals surface area contributed by atoms with Crippen LogP contribution >= 0.6 is 34.8 Å². The average Bonchev–Trinajstić information content (AvgIpc) is 2.41. The van der Waals surface area contributed by atoms with Crippen LogP contribution < -0.4 is 4.74 Å². The summed E-state index contributed by atoms with van der Waals surface area (Å²) in [5.74, 6) is 0.202. The molecular weight excluding hydrogens is 307 g/mol. The van der Waals surface area contributed by atoms with Crippen LogP contribution in [0.1, 0.15) is 15.9 Å². The molecule has 0 aliphatic carbocycles. The fourth-order valence-corrected chi connectivity index (χ4v) is 2.20. The molecule has 0 aromatic heterocycles. The van der Waals surface area contributed by atoms with Crippen molar-refractivity contribution in [2.45, 2.75) is 0 Å². The quantitative estimate of drug-likeness (QED) is 0.754. The van der Waals surface area contributed by atoms with E-state index in [1.807, 2.05) is 0 Å². The number of carbonyl (C=O) groups is 1. The van der Waals surface area contributed by atoms with Crippen molar-refractivity contribution in [1.82, 2.24) is 0 Å². The third kappa shape index (κ3) is 3.03. The van der Waals surface area contributed by atoms with Crippen molar-refractivity contribution in [2.75, 3.05) is 7.11 Å². The second-order valence-corrected chi connectivity index (χ2v) is 5.05. The monoisotopic (exact) mass is 314 g/mol. The number of hydrogen-bond acceptors (Lipinski definition) is 2. The van der Waals surface area contributed by atoms with E-state index in [-0.39, 0.29) is 5.78 Å². The van der Waals surface area contributed by atoms with Gasteiger partial charge in [-0.05, 0) is 36.4 Å². The van der Waals surface area contributed by atoms with Crippen LogP contribution in [0.15, 0.2) is 36.4 Å². The van der Waals surface area contributed by atoms with Gasteiger partial charge in [0.15, 0.2) is 5.78 Å². The highest BCUT2D eigenvalue weighted by Gasteiger charge is 2.15. The van der Waals surface area contributed by atoms with E-state index in [2.05, 4.69) is 0 Å². The van der Waals surface area contributed by atoms with Crippen molar-refractivity contribution in [3.05, 3.63) is 62.6 Å². The Hall–Kier alpha value is -1.22. The average molecular weight is 316 g/mol. The Morgan fingerprint density at radius 1 is 1.00 bits per heavy atom. The minimum Gasteiger partial charge on any atom is -0.495 e. The van der Waals surface area contributed by atoms with Crippen molar-refractivity contribution < 1.29 is 9.53 Å². The number of ketones is 1.